The summed E-state index contributed by atoms with van der Waals surface area (Å²) < 4.78 is 6.33. The summed E-state index contributed by atoms with van der Waals surface area (Å²) in [4.78, 5) is 7.47. The maximum absolute atomic E-state index is 6.33. The Bertz CT molecular complexity index is 3470. The normalized spacial score (nSPS) is 12.9. The van der Waals surface area contributed by atoms with Gasteiger partial charge in [0, 0.05) is 33.4 Å². The molecule has 0 radical (unpaired) electrons. The van der Waals surface area contributed by atoms with E-state index < -0.39 is 0 Å². The van der Waals surface area contributed by atoms with Gasteiger partial charge >= 0.3 is 0 Å². The van der Waals surface area contributed by atoms with Crippen molar-refractivity contribution in [3.05, 3.63) is 217 Å². The Balaban J connectivity index is 0.947. The summed E-state index contributed by atoms with van der Waals surface area (Å²) in [5.41, 5.74) is 16.0. The van der Waals surface area contributed by atoms with Gasteiger partial charge in [-0.2, -0.15) is 0 Å². The Hall–Kier alpha value is -7.75. The van der Waals surface area contributed by atoms with Crippen LogP contribution in [-0.4, -0.2) is 4.98 Å². The minimum Gasteiger partial charge on any atom is -0.436 e. The molecule has 0 unspecified atom stereocenters. The first-order valence-corrected chi connectivity index (χ1v) is 21.0. The number of nitrogens with zero attached hydrogens (tertiary/aromatic N) is 2. The van der Waals surface area contributed by atoms with E-state index in [9.17, 15) is 0 Å². The molecule has 0 bridgehead atoms. The van der Waals surface area contributed by atoms with E-state index in [0.717, 1.165) is 44.5 Å². The molecule has 12 rings (SSSR count). The number of rotatable bonds is 6. The average molecular weight is 781 g/mol. The molecule has 0 spiro atoms. The number of hydrogen-bond acceptors (Lipinski definition) is 3. The van der Waals surface area contributed by atoms with Gasteiger partial charge in [-0.25, -0.2) is 4.98 Å². The van der Waals surface area contributed by atoms with E-state index in [-0.39, 0.29) is 5.41 Å². The molecular weight excluding hydrogens is 741 g/mol. The van der Waals surface area contributed by atoms with E-state index in [4.69, 9.17) is 9.40 Å². The molecule has 0 aliphatic heterocycles. The summed E-state index contributed by atoms with van der Waals surface area (Å²) in [6.07, 6.45) is 0. The fourth-order valence-electron chi connectivity index (χ4n) is 9.75. The van der Waals surface area contributed by atoms with Crippen molar-refractivity contribution in [3.8, 4) is 44.8 Å². The molecule has 0 saturated carbocycles. The molecule has 11 aromatic rings. The highest BCUT2D eigenvalue weighted by Crippen LogP contribution is 2.51. The first-order chi connectivity index (χ1) is 30.0. The smallest absolute Gasteiger partial charge is 0.227 e. The monoisotopic (exact) mass is 780 g/mol. The van der Waals surface area contributed by atoms with Gasteiger partial charge in [-0.15, -0.1) is 0 Å². The van der Waals surface area contributed by atoms with Gasteiger partial charge in [0.05, 0.1) is 0 Å². The van der Waals surface area contributed by atoms with E-state index in [1.807, 2.05) is 36.4 Å². The number of fused-ring (bicyclic) bond motifs is 10. The zero-order valence-corrected chi connectivity index (χ0v) is 33.9. The van der Waals surface area contributed by atoms with Crippen molar-refractivity contribution in [2.45, 2.75) is 19.3 Å². The van der Waals surface area contributed by atoms with Crippen LogP contribution < -0.4 is 4.90 Å². The summed E-state index contributed by atoms with van der Waals surface area (Å²) in [6, 6.07) is 74.5. The molecule has 0 N–H and O–H groups in total. The fraction of sp³-hybridized carbons (Fsp3) is 0.0517. The van der Waals surface area contributed by atoms with Gasteiger partial charge in [0.15, 0.2) is 5.58 Å². The lowest BCUT2D eigenvalue weighted by Gasteiger charge is -2.28. The minimum atomic E-state index is -0.103. The SMILES string of the molecule is CC1(C)c2ccccc2-c2ccc(N(c3ccc(-c4ccccc4)cc3)c3ccc(-c4ccc5c(ccc6ccc7ccc8oc(-c9ccccc9)nc8c7c65)c4)cc3)cc21. The third kappa shape index (κ3) is 5.69. The lowest BCUT2D eigenvalue weighted by molar-refractivity contribution is 0.620. The summed E-state index contributed by atoms with van der Waals surface area (Å²) in [6.45, 7) is 4.70. The van der Waals surface area contributed by atoms with Crippen molar-refractivity contribution in [2.75, 3.05) is 4.90 Å². The Kier molecular flexibility index (Phi) is 7.88. The zero-order chi connectivity index (χ0) is 40.7. The minimum absolute atomic E-state index is 0.103. The average Bonchev–Trinajstić information content (AvgIpc) is 3.86. The van der Waals surface area contributed by atoms with E-state index in [2.05, 4.69) is 189 Å². The van der Waals surface area contributed by atoms with Gasteiger partial charge < -0.3 is 9.32 Å². The number of aromatic nitrogens is 1. The molecule has 0 saturated heterocycles. The predicted octanol–water partition coefficient (Wildman–Crippen LogP) is 16.1. The molecule has 1 aliphatic carbocycles. The van der Waals surface area contributed by atoms with Crippen LogP contribution in [0.4, 0.5) is 17.1 Å². The Labute approximate surface area is 354 Å². The Morgan fingerprint density at radius 2 is 0.951 bits per heavy atom. The van der Waals surface area contributed by atoms with Crippen LogP contribution in [0.25, 0.3) is 88.3 Å². The molecule has 3 nitrogen and oxygen atoms in total. The lowest BCUT2D eigenvalue weighted by atomic mass is 9.82. The van der Waals surface area contributed by atoms with E-state index in [1.54, 1.807) is 0 Å². The first kappa shape index (κ1) is 35.2. The highest BCUT2D eigenvalue weighted by atomic mass is 16.3. The number of anilines is 3. The van der Waals surface area contributed by atoms with E-state index in [1.165, 1.54) is 66.1 Å². The van der Waals surface area contributed by atoms with Gasteiger partial charge in [-0.05, 0) is 132 Å². The summed E-state index contributed by atoms with van der Waals surface area (Å²) in [5, 5.41) is 7.05. The number of hydrogen-bond donors (Lipinski definition) is 0. The summed E-state index contributed by atoms with van der Waals surface area (Å²) >= 11 is 0. The number of oxazole rings is 1. The summed E-state index contributed by atoms with van der Waals surface area (Å²) in [7, 11) is 0. The van der Waals surface area contributed by atoms with Gasteiger partial charge in [0.25, 0.3) is 0 Å². The third-order valence-electron chi connectivity index (χ3n) is 12.9. The second-order valence-corrected chi connectivity index (χ2v) is 16.8. The van der Waals surface area contributed by atoms with Crippen molar-refractivity contribution < 1.29 is 4.42 Å². The lowest BCUT2D eigenvalue weighted by Crippen LogP contribution is -2.16. The molecule has 288 valence electrons. The highest BCUT2D eigenvalue weighted by Gasteiger charge is 2.35. The molecule has 61 heavy (non-hydrogen) atoms. The molecule has 0 atom stereocenters. The quantitative estimate of drug-likeness (QED) is 0.157. The Morgan fingerprint density at radius 1 is 0.410 bits per heavy atom. The van der Waals surface area contributed by atoms with Crippen molar-refractivity contribution in [3.63, 3.8) is 0 Å². The van der Waals surface area contributed by atoms with Crippen LogP contribution in [-0.2, 0) is 5.41 Å². The first-order valence-electron chi connectivity index (χ1n) is 21.0. The molecule has 0 fully saturated rings. The molecule has 10 aromatic carbocycles. The second kappa shape index (κ2) is 13.7. The van der Waals surface area contributed by atoms with Gasteiger partial charge in [-0.3, -0.25) is 0 Å². The largest absolute Gasteiger partial charge is 0.436 e. The third-order valence-corrected chi connectivity index (χ3v) is 12.9. The van der Waals surface area contributed by atoms with Crippen LogP contribution in [0.2, 0.25) is 0 Å². The van der Waals surface area contributed by atoms with Crippen molar-refractivity contribution in [2.24, 2.45) is 0 Å². The molecule has 0 amide bonds. The van der Waals surface area contributed by atoms with Crippen LogP contribution in [0.5, 0.6) is 0 Å². The standard InChI is InChI=1S/C58H40N2O/c1-58(2)51-16-10-9-15-49(51)50-33-31-47(36-52(50)58)60(45-27-21-38(22-28-45)37-11-5-3-6-12-37)46-29-23-39(24-30-46)43-25-32-48-44(35-43)20-19-40-17-18-41-26-34-53-56(55(41)54(40)48)59-57(61-53)42-13-7-4-8-14-42/h3-36H,1-2H3. The van der Waals surface area contributed by atoms with Crippen LogP contribution in [0, 0.1) is 0 Å². The molecular formula is C58H40N2O. The van der Waals surface area contributed by atoms with Crippen molar-refractivity contribution in [1.29, 1.82) is 0 Å². The van der Waals surface area contributed by atoms with Gasteiger partial charge in [0.1, 0.15) is 5.52 Å². The maximum atomic E-state index is 6.33. The van der Waals surface area contributed by atoms with Gasteiger partial charge in [0.2, 0.25) is 5.89 Å². The Morgan fingerprint density at radius 3 is 1.67 bits per heavy atom. The van der Waals surface area contributed by atoms with E-state index >= 15 is 0 Å². The van der Waals surface area contributed by atoms with Crippen LogP contribution in [0.3, 0.4) is 0 Å². The van der Waals surface area contributed by atoms with Crippen LogP contribution in [0.1, 0.15) is 25.0 Å². The zero-order valence-electron chi connectivity index (χ0n) is 33.9. The van der Waals surface area contributed by atoms with Crippen LogP contribution in [0.15, 0.2) is 211 Å². The van der Waals surface area contributed by atoms with Crippen LogP contribution >= 0.6 is 0 Å². The maximum Gasteiger partial charge on any atom is 0.227 e. The molecule has 1 aromatic heterocycles. The highest BCUT2D eigenvalue weighted by molar-refractivity contribution is 6.26. The second-order valence-electron chi connectivity index (χ2n) is 16.8. The van der Waals surface area contributed by atoms with Crippen molar-refractivity contribution in [1.82, 2.24) is 4.98 Å². The topological polar surface area (TPSA) is 29.3 Å². The predicted molar refractivity (Wildman–Crippen MR) is 255 cm³/mol. The fourth-order valence-corrected chi connectivity index (χ4v) is 9.75. The van der Waals surface area contributed by atoms with Crippen molar-refractivity contribution >= 4 is 60.5 Å². The summed E-state index contributed by atoms with van der Waals surface area (Å²) in [5.74, 6) is 0.638. The molecule has 1 aliphatic rings. The number of benzene rings is 10. The van der Waals surface area contributed by atoms with E-state index in [0.29, 0.717) is 5.89 Å². The van der Waals surface area contributed by atoms with Gasteiger partial charge in [-0.1, -0.05) is 159 Å². The molecule has 1 heterocycles. The molecule has 3 heteroatoms.